The van der Waals surface area contributed by atoms with Crippen LogP contribution >= 0.6 is 0 Å². The second-order valence-electron chi connectivity index (χ2n) is 7.30. The minimum atomic E-state index is -0.949. The third-order valence-electron chi connectivity index (χ3n) is 4.81. The molecule has 1 heterocycles. The van der Waals surface area contributed by atoms with E-state index in [9.17, 15) is 24.5 Å². The molecule has 0 spiro atoms. The third-order valence-corrected chi connectivity index (χ3v) is 4.81. The summed E-state index contributed by atoms with van der Waals surface area (Å²) in [5.74, 6) is -1.85. The predicted molar refractivity (Wildman–Crippen MR) is 110 cm³/mol. The summed E-state index contributed by atoms with van der Waals surface area (Å²) in [6, 6.07) is 10.2. The lowest BCUT2D eigenvalue weighted by Gasteiger charge is -2.24. The summed E-state index contributed by atoms with van der Waals surface area (Å²) < 4.78 is 11.0. The lowest BCUT2D eigenvalue weighted by molar-refractivity contribution is -0.385. The first kappa shape index (κ1) is 21.9. The standard InChI is InChI=1S/C22H22N2O7/c1-4-30-19-10-9-14(11-16(19)24(28)29)17(25)12-23-21(26)15-7-5-6-8-18(15)31-20(13(2)3)22(23)27/h5-11,13,20H,4,12H2,1-3H3/t20-/m0/s1. The van der Waals surface area contributed by atoms with Gasteiger partial charge in [-0.1, -0.05) is 26.0 Å². The molecule has 0 saturated carbocycles. The molecule has 1 aliphatic rings. The fourth-order valence-corrected chi connectivity index (χ4v) is 3.25. The minimum Gasteiger partial charge on any atom is -0.487 e. The average Bonchev–Trinajstić information content (AvgIpc) is 2.84. The van der Waals surface area contributed by atoms with Crippen molar-refractivity contribution in [2.75, 3.05) is 13.2 Å². The van der Waals surface area contributed by atoms with Crippen molar-refractivity contribution in [1.82, 2.24) is 4.90 Å². The number of benzene rings is 2. The number of amides is 2. The molecule has 2 aromatic carbocycles. The molecule has 1 aliphatic heterocycles. The van der Waals surface area contributed by atoms with E-state index in [2.05, 4.69) is 0 Å². The Kier molecular flexibility index (Phi) is 6.33. The van der Waals surface area contributed by atoms with Gasteiger partial charge >= 0.3 is 5.69 Å². The van der Waals surface area contributed by atoms with E-state index >= 15 is 0 Å². The highest BCUT2D eigenvalue weighted by molar-refractivity contribution is 6.12. The summed E-state index contributed by atoms with van der Waals surface area (Å²) >= 11 is 0. The van der Waals surface area contributed by atoms with Crippen LogP contribution < -0.4 is 9.47 Å². The number of nitro benzene ring substituents is 1. The van der Waals surface area contributed by atoms with Gasteiger partial charge in [-0.3, -0.25) is 29.4 Å². The first-order chi connectivity index (χ1) is 14.7. The maximum absolute atomic E-state index is 13.0. The van der Waals surface area contributed by atoms with Crippen molar-refractivity contribution in [1.29, 1.82) is 0 Å². The Morgan fingerprint density at radius 1 is 1.23 bits per heavy atom. The SMILES string of the molecule is CCOc1ccc(C(=O)CN2C(=O)c3ccccc3O[C@@H](C(C)C)C2=O)cc1[N+](=O)[O-]. The fraction of sp³-hybridized carbons (Fsp3) is 0.318. The van der Waals surface area contributed by atoms with Gasteiger partial charge < -0.3 is 9.47 Å². The van der Waals surface area contributed by atoms with Gasteiger partial charge in [0, 0.05) is 11.6 Å². The van der Waals surface area contributed by atoms with Gasteiger partial charge in [-0.05, 0) is 37.1 Å². The first-order valence-electron chi connectivity index (χ1n) is 9.80. The Morgan fingerprint density at radius 2 is 1.94 bits per heavy atom. The number of imide groups is 1. The number of rotatable bonds is 7. The zero-order valence-electron chi connectivity index (χ0n) is 17.4. The van der Waals surface area contributed by atoms with Crippen LogP contribution in [0.15, 0.2) is 42.5 Å². The van der Waals surface area contributed by atoms with Crippen molar-refractivity contribution in [3.8, 4) is 11.5 Å². The number of carbonyl (C=O) groups is 3. The number of hydrogen-bond acceptors (Lipinski definition) is 7. The summed E-state index contributed by atoms with van der Waals surface area (Å²) in [6.07, 6.45) is -0.949. The minimum absolute atomic E-state index is 0.00435. The molecule has 0 aromatic heterocycles. The Morgan fingerprint density at radius 3 is 2.58 bits per heavy atom. The highest BCUT2D eigenvalue weighted by Crippen LogP contribution is 2.30. The van der Waals surface area contributed by atoms with Crippen LogP contribution in [-0.4, -0.2) is 46.7 Å². The van der Waals surface area contributed by atoms with Crippen molar-refractivity contribution in [2.45, 2.75) is 26.9 Å². The van der Waals surface area contributed by atoms with Crippen LogP contribution in [-0.2, 0) is 4.79 Å². The molecule has 9 nitrogen and oxygen atoms in total. The summed E-state index contributed by atoms with van der Waals surface area (Å²) in [7, 11) is 0. The Hall–Kier alpha value is -3.75. The molecule has 0 aliphatic carbocycles. The topological polar surface area (TPSA) is 116 Å². The highest BCUT2D eigenvalue weighted by Gasteiger charge is 2.39. The summed E-state index contributed by atoms with van der Waals surface area (Å²) in [5.41, 5.74) is -0.199. The normalized spacial score (nSPS) is 15.9. The van der Waals surface area contributed by atoms with Gasteiger partial charge in [0.2, 0.25) is 0 Å². The van der Waals surface area contributed by atoms with Crippen LogP contribution in [0.2, 0.25) is 0 Å². The third kappa shape index (κ3) is 4.40. The van der Waals surface area contributed by atoms with E-state index in [0.717, 1.165) is 11.0 Å². The average molecular weight is 426 g/mol. The second-order valence-corrected chi connectivity index (χ2v) is 7.30. The molecule has 162 valence electrons. The number of ketones is 1. The van der Waals surface area contributed by atoms with E-state index in [1.807, 2.05) is 0 Å². The van der Waals surface area contributed by atoms with Crippen molar-refractivity contribution < 1.29 is 28.8 Å². The number of Topliss-reactive ketones (excluding diaryl/α,β-unsaturated/α-hetero) is 1. The monoisotopic (exact) mass is 426 g/mol. The zero-order chi connectivity index (χ0) is 22.7. The number of nitrogens with zero attached hydrogens (tertiary/aromatic N) is 2. The molecule has 0 radical (unpaired) electrons. The van der Waals surface area contributed by atoms with Gasteiger partial charge in [0.05, 0.1) is 23.6 Å². The molecule has 31 heavy (non-hydrogen) atoms. The molecule has 0 N–H and O–H groups in total. The Bertz CT molecular complexity index is 1050. The van der Waals surface area contributed by atoms with Gasteiger partial charge in [0.1, 0.15) is 5.75 Å². The number of hydrogen-bond donors (Lipinski definition) is 0. The van der Waals surface area contributed by atoms with E-state index < -0.39 is 35.2 Å². The van der Waals surface area contributed by atoms with E-state index in [1.54, 1.807) is 39.0 Å². The van der Waals surface area contributed by atoms with Crippen molar-refractivity contribution in [2.24, 2.45) is 5.92 Å². The number of ether oxygens (including phenoxy) is 2. The molecule has 0 unspecified atom stereocenters. The highest BCUT2D eigenvalue weighted by atomic mass is 16.6. The van der Waals surface area contributed by atoms with Gasteiger partial charge in [0.15, 0.2) is 17.6 Å². The smallest absolute Gasteiger partial charge is 0.311 e. The van der Waals surface area contributed by atoms with Crippen molar-refractivity contribution >= 4 is 23.3 Å². The van der Waals surface area contributed by atoms with Crippen molar-refractivity contribution in [3.63, 3.8) is 0 Å². The van der Waals surface area contributed by atoms with E-state index in [0.29, 0.717) is 0 Å². The van der Waals surface area contributed by atoms with Crippen LogP contribution in [0.5, 0.6) is 11.5 Å². The van der Waals surface area contributed by atoms with Gasteiger partial charge in [-0.25, -0.2) is 0 Å². The van der Waals surface area contributed by atoms with E-state index in [4.69, 9.17) is 9.47 Å². The van der Waals surface area contributed by atoms with E-state index in [-0.39, 0.29) is 40.8 Å². The van der Waals surface area contributed by atoms with Crippen LogP contribution in [0.3, 0.4) is 0 Å². The molecule has 1 atom stereocenters. The lowest BCUT2D eigenvalue weighted by atomic mass is 10.0. The fourth-order valence-electron chi connectivity index (χ4n) is 3.25. The van der Waals surface area contributed by atoms with Crippen molar-refractivity contribution in [3.05, 3.63) is 63.7 Å². The maximum Gasteiger partial charge on any atom is 0.311 e. The molecule has 3 rings (SSSR count). The quantitative estimate of drug-likeness (QED) is 0.289. The summed E-state index contributed by atoms with van der Waals surface area (Å²) in [6.45, 7) is 4.89. The number of nitro groups is 1. The van der Waals surface area contributed by atoms with Crippen LogP contribution in [0.1, 0.15) is 41.5 Å². The molecule has 9 heteroatoms. The molecular weight excluding hydrogens is 404 g/mol. The molecular formula is C22H22N2O7. The van der Waals surface area contributed by atoms with Gasteiger partial charge in [-0.2, -0.15) is 0 Å². The molecule has 0 fully saturated rings. The van der Waals surface area contributed by atoms with Crippen LogP contribution in [0.4, 0.5) is 5.69 Å². The molecule has 2 amide bonds. The molecule has 2 aromatic rings. The summed E-state index contributed by atoms with van der Waals surface area (Å²) in [5, 5.41) is 11.3. The second kappa shape index (κ2) is 8.95. The number of para-hydroxylation sites is 1. The summed E-state index contributed by atoms with van der Waals surface area (Å²) in [4.78, 5) is 50.5. The Balaban J connectivity index is 1.95. The van der Waals surface area contributed by atoms with Crippen LogP contribution in [0.25, 0.3) is 0 Å². The molecule has 0 saturated heterocycles. The zero-order valence-corrected chi connectivity index (χ0v) is 17.4. The molecule has 0 bridgehead atoms. The largest absolute Gasteiger partial charge is 0.487 e. The number of fused-ring (bicyclic) bond motifs is 1. The maximum atomic E-state index is 13.0. The predicted octanol–water partition coefficient (Wildman–Crippen LogP) is 3.26. The Labute approximate surface area is 178 Å². The van der Waals surface area contributed by atoms with Gasteiger partial charge in [-0.15, -0.1) is 0 Å². The van der Waals surface area contributed by atoms with Crippen LogP contribution in [0, 0.1) is 16.0 Å². The number of carbonyl (C=O) groups excluding carboxylic acids is 3. The first-order valence-corrected chi connectivity index (χ1v) is 9.80. The van der Waals surface area contributed by atoms with E-state index in [1.165, 1.54) is 18.2 Å². The van der Waals surface area contributed by atoms with Gasteiger partial charge in [0.25, 0.3) is 11.8 Å². The lowest BCUT2D eigenvalue weighted by Crippen LogP contribution is -2.47.